The monoisotopic (exact) mass is 164 g/mol. The zero-order valence-electron chi connectivity index (χ0n) is 5.13. The van der Waals surface area contributed by atoms with E-state index in [1.807, 2.05) is 19.3 Å². The molecule has 0 amide bonds. The number of thioether (sulfide) groups is 1. The Balaban J connectivity index is 0.000000640. The number of nitrogens with zero attached hydrogens (tertiary/aromatic N) is 1. The number of amidine groups is 1. The molecule has 0 saturated heterocycles. The highest BCUT2D eigenvalue weighted by Crippen LogP contribution is 2.10. The molecule has 1 aliphatic heterocycles. The van der Waals surface area contributed by atoms with Crippen LogP contribution in [0.25, 0.3) is 0 Å². The second-order valence-corrected chi connectivity index (χ2v) is 2.62. The number of hydrogen-bond acceptors (Lipinski definition) is 2. The van der Waals surface area contributed by atoms with Gasteiger partial charge in [-0.3, -0.25) is 5.41 Å². The van der Waals surface area contributed by atoms with Crippen molar-refractivity contribution < 1.29 is 0 Å². The van der Waals surface area contributed by atoms with Gasteiger partial charge in [0, 0.05) is 19.0 Å². The average molecular weight is 165 g/mol. The van der Waals surface area contributed by atoms with Gasteiger partial charge < -0.3 is 4.90 Å². The first-order chi connectivity index (χ1) is 3.80. The van der Waals surface area contributed by atoms with Gasteiger partial charge in [-0.15, -0.1) is 12.4 Å². The molecule has 0 fully saturated rings. The minimum atomic E-state index is 0. The molecule has 0 aliphatic carbocycles. The van der Waals surface area contributed by atoms with Crippen molar-refractivity contribution in [2.45, 2.75) is 0 Å². The molecule has 1 N–H and O–H groups in total. The molecular weight excluding hydrogens is 156 g/mol. The molecule has 0 unspecified atom stereocenters. The molecule has 0 atom stereocenters. The molecule has 9 heavy (non-hydrogen) atoms. The van der Waals surface area contributed by atoms with Crippen molar-refractivity contribution in [2.75, 3.05) is 12.8 Å². The molecule has 1 aliphatic rings. The summed E-state index contributed by atoms with van der Waals surface area (Å²) in [6, 6.07) is 0. The van der Waals surface area contributed by atoms with Gasteiger partial charge in [-0.25, -0.2) is 0 Å². The summed E-state index contributed by atoms with van der Waals surface area (Å²) in [5, 5.41) is 7.86. The first-order valence-corrected chi connectivity index (χ1v) is 3.40. The van der Waals surface area contributed by atoms with E-state index in [4.69, 9.17) is 5.41 Å². The predicted molar refractivity (Wildman–Crippen MR) is 44.3 cm³/mol. The molecule has 2 nitrogen and oxygen atoms in total. The van der Waals surface area contributed by atoms with E-state index in [1.54, 1.807) is 16.7 Å². The number of rotatable bonds is 0. The highest BCUT2D eigenvalue weighted by molar-refractivity contribution is 8.13. The topological polar surface area (TPSA) is 27.1 Å². The van der Waals surface area contributed by atoms with Crippen LogP contribution in [-0.2, 0) is 0 Å². The van der Waals surface area contributed by atoms with Crippen molar-refractivity contribution in [3.63, 3.8) is 0 Å². The quantitative estimate of drug-likeness (QED) is 0.588. The maximum Gasteiger partial charge on any atom is 0.160 e. The lowest BCUT2D eigenvalue weighted by Gasteiger charge is -2.16. The van der Waals surface area contributed by atoms with Crippen molar-refractivity contribution in [3.05, 3.63) is 12.3 Å². The molecule has 1 rings (SSSR count). The Labute approximate surface area is 65.2 Å². The lowest BCUT2D eigenvalue weighted by molar-refractivity contribution is 0.694. The Morgan fingerprint density at radius 1 is 1.78 bits per heavy atom. The van der Waals surface area contributed by atoms with Crippen LogP contribution in [0.3, 0.4) is 0 Å². The zero-order valence-corrected chi connectivity index (χ0v) is 6.76. The average Bonchev–Trinajstić information content (AvgIpc) is 1.77. The van der Waals surface area contributed by atoms with Crippen molar-refractivity contribution in [3.8, 4) is 0 Å². The smallest absolute Gasteiger partial charge is 0.160 e. The Kier molecular flexibility index (Phi) is 3.73. The third kappa shape index (κ3) is 2.28. The second kappa shape index (κ2) is 3.80. The SMILES string of the molecule is CN1C=CCSC1=N.Cl. The van der Waals surface area contributed by atoms with Crippen molar-refractivity contribution in [1.29, 1.82) is 5.41 Å². The summed E-state index contributed by atoms with van der Waals surface area (Å²) in [7, 11) is 1.88. The fraction of sp³-hybridized carbons (Fsp3) is 0.400. The van der Waals surface area contributed by atoms with E-state index < -0.39 is 0 Å². The van der Waals surface area contributed by atoms with E-state index in [1.165, 1.54) is 0 Å². The zero-order chi connectivity index (χ0) is 5.98. The molecule has 1 heterocycles. The minimum Gasteiger partial charge on any atom is -0.331 e. The van der Waals surface area contributed by atoms with Crippen molar-refractivity contribution >= 4 is 29.3 Å². The van der Waals surface area contributed by atoms with Gasteiger partial charge in [0.1, 0.15) is 0 Å². The van der Waals surface area contributed by atoms with Gasteiger partial charge in [0.05, 0.1) is 0 Å². The Morgan fingerprint density at radius 3 is 2.78 bits per heavy atom. The number of halogens is 1. The highest BCUT2D eigenvalue weighted by Gasteiger charge is 2.03. The molecule has 52 valence electrons. The van der Waals surface area contributed by atoms with E-state index in [0.717, 1.165) is 5.75 Å². The first kappa shape index (κ1) is 8.85. The molecule has 0 radical (unpaired) electrons. The van der Waals surface area contributed by atoms with Crippen molar-refractivity contribution in [2.24, 2.45) is 0 Å². The maximum atomic E-state index is 7.23. The Bertz CT molecular complexity index is 135. The summed E-state index contributed by atoms with van der Waals surface area (Å²) in [4.78, 5) is 1.80. The fourth-order valence-electron chi connectivity index (χ4n) is 0.498. The summed E-state index contributed by atoms with van der Waals surface area (Å²) < 4.78 is 0. The molecule has 0 saturated carbocycles. The van der Waals surface area contributed by atoms with E-state index in [0.29, 0.717) is 5.17 Å². The maximum absolute atomic E-state index is 7.23. The van der Waals surface area contributed by atoms with Gasteiger partial charge in [0.15, 0.2) is 5.17 Å². The lowest BCUT2D eigenvalue weighted by atomic mass is 10.6. The highest BCUT2D eigenvalue weighted by atomic mass is 35.5. The van der Waals surface area contributed by atoms with E-state index >= 15 is 0 Å². The van der Waals surface area contributed by atoms with Crippen LogP contribution >= 0.6 is 24.2 Å². The summed E-state index contributed by atoms with van der Waals surface area (Å²) in [6.07, 6.45) is 3.96. The molecule has 0 spiro atoms. The minimum absolute atomic E-state index is 0. The van der Waals surface area contributed by atoms with Crippen LogP contribution in [0.1, 0.15) is 0 Å². The summed E-state index contributed by atoms with van der Waals surface area (Å²) in [6.45, 7) is 0. The van der Waals surface area contributed by atoms with Gasteiger partial charge in [0.2, 0.25) is 0 Å². The predicted octanol–water partition coefficient (Wildman–Crippen LogP) is 1.54. The Morgan fingerprint density at radius 2 is 2.44 bits per heavy atom. The van der Waals surface area contributed by atoms with Crippen LogP contribution in [0.2, 0.25) is 0 Å². The van der Waals surface area contributed by atoms with Gasteiger partial charge in [-0.1, -0.05) is 17.8 Å². The van der Waals surface area contributed by atoms with E-state index in [-0.39, 0.29) is 12.4 Å². The van der Waals surface area contributed by atoms with Crippen LogP contribution in [0.15, 0.2) is 12.3 Å². The first-order valence-electron chi connectivity index (χ1n) is 2.41. The third-order valence-electron chi connectivity index (χ3n) is 0.966. The van der Waals surface area contributed by atoms with Crippen molar-refractivity contribution in [1.82, 2.24) is 4.90 Å². The molecular formula is C5H9ClN2S. The molecule has 0 aromatic carbocycles. The van der Waals surface area contributed by atoms with Crippen LogP contribution in [0.5, 0.6) is 0 Å². The molecule has 4 heteroatoms. The van der Waals surface area contributed by atoms with Gasteiger partial charge in [0.25, 0.3) is 0 Å². The lowest BCUT2D eigenvalue weighted by Crippen LogP contribution is -2.19. The summed E-state index contributed by atoms with van der Waals surface area (Å²) in [5.74, 6) is 0.948. The largest absolute Gasteiger partial charge is 0.331 e. The molecule has 0 bridgehead atoms. The van der Waals surface area contributed by atoms with E-state index in [2.05, 4.69) is 0 Å². The van der Waals surface area contributed by atoms with E-state index in [9.17, 15) is 0 Å². The Hall–Kier alpha value is -0.150. The molecule has 0 aromatic rings. The second-order valence-electron chi connectivity index (χ2n) is 1.61. The van der Waals surface area contributed by atoms with Gasteiger partial charge in [-0.2, -0.15) is 0 Å². The van der Waals surface area contributed by atoms with Gasteiger partial charge >= 0.3 is 0 Å². The molecule has 0 aromatic heterocycles. The van der Waals surface area contributed by atoms with Crippen LogP contribution in [0.4, 0.5) is 0 Å². The fourth-order valence-corrected chi connectivity index (χ4v) is 1.10. The number of hydrogen-bond donors (Lipinski definition) is 1. The third-order valence-corrected chi connectivity index (χ3v) is 1.89. The van der Waals surface area contributed by atoms with Gasteiger partial charge in [-0.05, 0) is 0 Å². The summed E-state index contributed by atoms with van der Waals surface area (Å²) >= 11 is 1.55. The summed E-state index contributed by atoms with van der Waals surface area (Å²) in [5.41, 5.74) is 0. The number of nitrogens with one attached hydrogen (secondary N) is 1. The van der Waals surface area contributed by atoms with Crippen LogP contribution in [0, 0.1) is 5.41 Å². The standard InChI is InChI=1S/C5H8N2S.ClH/c1-7-3-2-4-8-5(7)6;/h2-3,6H,4H2,1H3;1H. The van der Waals surface area contributed by atoms with Crippen LogP contribution < -0.4 is 0 Å². The van der Waals surface area contributed by atoms with Crippen LogP contribution in [-0.4, -0.2) is 22.9 Å². The normalized spacial score (nSPS) is 17.4.